The highest BCUT2D eigenvalue weighted by atomic mass is 19.1. The Morgan fingerprint density at radius 2 is 1.86 bits per heavy atom. The van der Waals surface area contributed by atoms with Gasteiger partial charge in [-0.1, -0.05) is 23.8 Å². The molecular formula is C14H15BFNO5. The Bertz CT molecular complexity index is 589. The molecule has 1 atom stereocenters. The zero-order chi connectivity index (χ0) is 16.3. The van der Waals surface area contributed by atoms with Gasteiger partial charge in [-0.3, -0.25) is 19.3 Å². The van der Waals surface area contributed by atoms with Crippen molar-refractivity contribution in [1.29, 1.82) is 0 Å². The molecule has 0 radical (unpaired) electrons. The minimum absolute atomic E-state index is 0.124. The molecule has 1 aliphatic rings. The lowest BCUT2D eigenvalue weighted by molar-refractivity contribution is -0.146. The van der Waals surface area contributed by atoms with Gasteiger partial charge in [-0.05, 0) is 20.0 Å². The molecule has 0 aromatic heterocycles. The zero-order valence-electron chi connectivity index (χ0n) is 12.2. The first-order valence-corrected chi connectivity index (χ1v) is 6.69. The van der Waals surface area contributed by atoms with Gasteiger partial charge in [0.05, 0.1) is 13.1 Å². The SMILES string of the molecule is Cc1cccc(C(=O)[C@H](F)B2OC(=O)CN(C)CC(=O)O2)c1. The maximum atomic E-state index is 14.3. The van der Waals surface area contributed by atoms with Crippen LogP contribution < -0.4 is 0 Å². The van der Waals surface area contributed by atoms with E-state index in [9.17, 15) is 18.8 Å². The van der Waals surface area contributed by atoms with Crippen LogP contribution in [0.3, 0.4) is 0 Å². The Labute approximate surface area is 127 Å². The molecule has 1 aliphatic heterocycles. The predicted octanol–water partition coefficient (Wildman–Crippen LogP) is 0.575. The van der Waals surface area contributed by atoms with E-state index in [1.807, 2.05) is 0 Å². The highest BCUT2D eigenvalue weighted by Gasteiger charge is 2.44. The Morgan fingerprint density at radius 1 is 1.27 bits per heavy atom. The van der Waals surface area contributed by atoms with Gasteiger partial charge < -0.3 is 9.31 Å². The predicted molar refractivity (Wildman–Crippen MR) is 75.8 cm³/mol. The van der Waals surface area contributed by atoms with Gasteiger partial charge in [0.25, 0.3) is 0 Å². The number of alkyl halides is 1. The van der Waals surface area contributed by atoms with E-state index in [-0.39, 0.29) is 18.7 Å². The maximum absolute atomic E-state index is 14.3. The van der Waals surface area contributed by atoms with Crippen molar-refractivity contribution in [3.05, 3.63) is 35.4 Å². The van der Waals surface area contributed by atoms with Crippen LogP contribution in [0.2, 0.25) is 0 Å². The summed E-state index contributed by atoms with van der Waals surface area (Å²) in [5, 5.41) is 0. The quantitative estimate of drug-likeness (QED) is 0.601. The second-order valence-electron chi connectivity index (χ2n) is 5.16. The van der Waals surface area contributed by atoms with E-state index >= 15 is 0 Å². The van der Waals surface area contributed by atoms with Crippen molar-refractivity contribution >= 4 is 24.8 Å². The van der Waals surface area contributed by atoms with Crippen LogP contribution in [0, 0.1) is 6.92 Å². The third kappa shape index (κ3) is 3.91. The summed E-state index contributed by atoms with van der Waals surface area (Å²) in [7, 11) is -0.338. The van der Waals surface area contributed by atoms with E-state index in [2.05, 4.69) is 0 Å². The standard InChI is InChI=1S/C14H15BFNO5/c1-9-4-3-5-10(6-9)13(20)14(16)15-21-11(18)7-17(2)8-12(19)22-15/h3-6,14H,7-8H2,1-2H3/t14-/m0/s1. The Hall–Kier alpha value is -2.22. The average Bonchev–Trinajstić information content (AvgIpc) is 2.43. The van der Waals surface area contributed by atoms with Crippen molar-refractivity contribution in [3.63, 3.8) is 0 Å². The van der Waals surface area contributed by atoms with Crippen LogP contribution in [0.1, 0.15) is 15.9 Å². The summed E-state index contributed by atoms with van der Waals surface area (Å²) in [4.78, 5) is 36.6. The molecular weight excluding hydrogens is 292 g/mol. The molecule has 1 saturated heterocycles. The molecule has 1 heterocycles. The summed E-state index contributed by atoms with van der Waals surface area (Å²) >= 11 is 0. The van der Waals surface area contributed by atoms with E-state index < -0.39 is 30.9 Å². The number of halogens is 1. The Morgan fingerprint density at radius 3 is 2.41 bits per heavy atom. The maximum Gasteiger partial charge on any atom is 0.644 e. The number of Topliss-reactive ketones (excluding diaryl/α,β-unsaturated/α-hetero) is 1. The third-order valence-electron chi connectivity index (χ3n) is 3.09. The fraction of sp³-hybridized carbons (Fsp3) is 0.357. The molecule has 1 fully saturated rings. The third-order valence-corrected chi connectivity index (χ3v) is 3.09. The number of carbonyl (C=O) groups excluding carboxylic acids is 3. The average molecular weight is 307 g/mol. The molecule has 0 spiro atoms. The van der Waals surface area contributed by atoms with Crippen LogP contribution >= 0.6 is 0 Å². The van der Waals surface area contributed by atoms with Crippen molar-refractivity contribution in [2.24, 2.45) is 0 Å². The lowest BCUT2D eigenvalue weighted by atomic mass is 9.77. The molecule has 0 saturated carbocycles. The Balaban J connectivity index is 2.15. The highest BCUT2D eigenvalue weighted by molar-refractivity contribution is 6.56. The van der Waals surface area contributed by atoms with Crippen LogP contribution in [0.25, 0.3) is 0 Å². The molecule has 116 valence electrons. The smallest absolute Gasteiger partial charge is 0.496 e. The first-order chi connectivity index (χ1) is 10.4. The number of hydrogen-bond acceptors (Lipinski definition) is 6. The normalized spacial score (nSPS) is 18.0. The monoisotopic (exact) mass is 307 g/mol. The van der Waals surface area contributed by atoms with Gasteiger partial charge in [-0.15, -0.1) is 0 Å². The lowest BCUT2D eigenvalue weighted by Crippen LogP contribution is -2.48. The number of benzene rings is 1. The number of carbonyl (C=O) groups is 3. The van der Waals surface area contributed by atoms with Crippen LogP contribution in [-0.4, -0.2) is 55.9 Å². The second kappa shape index (κ2) is 6.70. The number of rotatable bonds is 3. The molecule has 6 nitrogen and oxygen atoms in total. The van der Waals surface area contributed by atoms with Crippen LogP contribution in [0.15, 0.2) is 24.3 Å². The minimum atomic E-state index is -2.27. The molecule has 22 heavy (non-hydrogen) atoms. The summed E-state index contributed by atoms with van der Waals surface area (Å²) in [6, 6.07) is 6.33. The largest absolute Gasteiger partial charge is 0.644 e. The van der Waals surface area contributed by atoms with E-state index in [4.69, 9.17) is 9.31 Å². The fourth-order valence-corrected chi connectivity index (χ4v) is 2.05. The topological polar surface area (TPSA) is 72.9 Å². The fourth-order valence-electron chi connectivity index (χ4n) is 2.05. The van der Waals surface area contributed by atoms with E-state index in [0.717, 1.165) is 5.56 Å². The van der Waals surface area contributed by atoms with E-state index in [1.165, 1.54) is 24.1 Å². The molecule has 0 aliphatic carbocycles. The van der Waals surface area contributed by atoms with Crippen molar-refractivity contribution < 1.29 is 28.1 Å². The summed E-state index contributed by atoms with van der Waals surface area (Å²) in [5.41, 5.74) is 0.908. The number of aryl methyl sites for hydroxylation is 1. The van der Waals surface area contributed by atoms with Gasteiger partial charge >= 0.3 is 19.1 Å². The van der Waals surface area contributed by atoms with E-state index in [0.29, 0.717) is 0 Å². The number of ketones is 1. The Kier molecular flexibility index (Phi) is 4.92. The number of hydrogen-bond donors (Lipinski definition) is 0. The van der Waals surface area contributed by atoms with E-state index in [1.54, 1.807) is 19.1 Å². The zero-order valence-corrected chi connectivity index (χ0v) is 12.2. The molecule has 2 rings (SSSR count). The van der Waals surface area contributed by atoms with Gasteiger partial charge in [0.2, 0.25) is 6.07 Å². The highest BCUT2D eigenvalue weighted by Crippen LogP contribution is 2.14. The first kappa shape index (κ1) is 16.2. The first-order valence-electron chi connectivity index (χ1n) is 6.69. The minimum Gasteiger partial charge on any atom is -0.496 e. The van der Waals surface area contributed by atoms with Gasteiger partial charge in [0, 0.05) is 5.56 Å². The molecule has 0 unspecified atom stereocenters. The lowest BCUT2D eigenvalue weighted by Gasteiger charge is -2.23. The summed E-state index contributed by atoms with van der Waals surface area (Å²) in [6.45, 7) is 1.39. The van der Waals surface area contributed by atoms with Gasteiger partial charge in [0.15, 0.2) is 5.78 Å². The molecule has 0 N–H and O–H groups in total. The molecule has 1 aromatic carbocycles. The van der Waals surface area contributed by atoms with Crippen molar-refractivity contribution in [3.8, 4) is 0 Å². The van der Waals surface area contributed by atoms with Crippen molar-refractivity contribution in [2.75, 3.05) is 20.1 Å². The summed E-state index contributed by atoms with van der Waals surface area (Å²) in [5.74, 6) is -2.43. The molecule has 8 heteroatoms. The van der Waals surface area contributed by atoms with Gasteiger partial charge in [-0.2, -0.15) is 0 Å². The second-order valence-corrected chi connectivity index (χ2v) is 5.16. The van der Waals surface area contributed by atoms with Crippen LogP contribution in [0.5, 0.6) is 0 Å². The molecule has 0 amide bonds. The number of nitrogens with zero attached hydrogens (tertiary/aromatic N) is 1. The van der Waals surface area contributed by atoms with Crippen molar-refractivity contribution in [1.82, 2.24) is 4.90 Å². The molecule has 1 aromatic rings. The number of likely N-dealkylation sites (N-methyl/N-ethyl adjacent to an activating group) is 1. The van der Waals surface area contributed by atoms with Gasteiger partial charge in [-0.25, -0.2) is 4.39 Å². The van der Waals surface area contributed by atoms with Crippen molar-refractivity contribution in [2.45, 2.75) is 13.0 Å². The van der Waals surface area contributed by atoms with Gasteiger partial charge in [0.1, 0.15) is 0 Å². The molecule has 0 bridgehead atoms. The summed E-state index contributed by atoms with van der Waals surface area (Å²) in [6.07, 6.45) is -2.27. The van der Waals surface area contributed by atoms with Crippen LogP contribution in [-0.2, 0) is 18.9 Å². The van der Waals surface area contributed by atoms with Crippen LogP contribution in [0.4, 0.5) is 4.39 Å². The summed E-state index contributed by atoms with van der Waals surface area (Å²) < 4.78 is 23.8.